The van der Waals surface area contributed by atoms with Gasteiger partial charge >= 0.3 is 0 Å². The quantitative estimate of drug-likeness (QED) is 0.186. The molecule has 0 aromatic heterocycles. The van der Waals surface area contributed by atoms with E-state index in [1.165, 1.54) is 5.56 Å². The maximum absolute atomic E-state index is 5.81. The second kappa shape index (κ2) is 15.7. The van der Waals surface area contributed by atoms with Crippen molar-refractivity contribution in [3.63, 3.8) is 0 Å². The fourth-order valence-corrected chi connectivity index (χ4v) is 3.56. The molecule has 8 heteroatoms. The topological polar surface area (TPSA) is 67.4 Å². The Labute approximate surface area is 199 Å². The number of ether oxygens (including phenoxy) is 3. The zero-order valence-electron chi connectivity index (χ0n) is 18.9. The first-order valence-corrected chi connectivity index (χ1v) is 10.7. The number of methoxy groups -OCH3 is 1. The second-order valence-electron chi connectivity index (χ2n) is 7.10. The third-order valence-electron chi connectivity index (χ3n) is 5.27. The monoisotopic (exact) mass is 534 g/mol. The lowest BCUT2D eigenvalue weighted by atomic mass is 10.0. The second-order valence-corrected chi connectivity index (χ2v) is 7.10. The average Bonchev–Trinajstić information content (AvgIpc) is 3.28. The number of guanidine groups is 1. The molecule has 7 nitrogen and oxygen atoms in total. The van der Waals surface area contributed by atoms with Crippen molar-refractivity contribution in [1.29, 1.82) is 0 Å². The van der Waals surface area contributed by atoms with Crippen LogP contribution in [0.15, 0.2) is 29.3 Å². The summed E-state index contributed by atoms with van der Waals surface area (Å²) >= 11 is 0. The van der Waals surface area contributed by atoms with Crippen LogP contribution in [0.1, 0.15) is 38.3 Å². The molecule has 30 heavy (non-hydrogen) atoms. The zero-order valence-corrected chi connectivity index (χ0v) is 21.2. The van der Waals surface area contributed by atoms with Crippen LogP contribution in [0.5, 0.6) is 5.75 Å². The molecule has 1 aliphatic rings. The number of benzene rings is 1. The number of nitrogens with zero attached hydrogens (tertiary/aromatic N) is 2. The Kier molecular flexibility index (Phi) is 14.1. The van der Waals surface area contributed by atoms with E-state index in [-0.39, 0.29) is 36.1 Å². The number of hydrogen-bond donors (Lipinski definition) is 2. The number of halogens is 1. The molecule has 2 atom stereocenters. The van der Waals surface area contributed by atoms with E-state index in [2.05, 4.69) is 46.5 Å². The van der Waals surface area contributed by atoms with E-state index in [4.69, 9.17) is 14.2 Å². The summed E-state index contributed by atoms with van der Waals surface area (Å²) in [4.78, 5) is 6.80. The molecule has 1 saturated heterocycles. The molecule has 0 aliphatic carbocycles. The van der Waals surface area contributed by atoms with Crippen molar-refractivity contribution in [3.05, 3.63) is 29.8 Å². The molecule has 172 valence electrons. The Morgan fingerprint density at radius 3 is 2.73 bits per heavy atom. The number of rotatable bonds is 12. The molecule has 0 saturated carbocycles. The maximum Gasteiger partial charge on any atom is 0.191 e. The van der Waals surface area contributed by atoms with E-state index in [0.717, 1.165) is 70.6 Å². The predicted octanol–water partition coefficient (Wildman–Crippen LogP) is 3.06. The molecule has 1 heterocycles. The normalized spacial score (nSPS) is 17.5. The van der Waals surface area contributed by atoms with Crippen LogP contribution >= 0.6 is 24.0 Å². The molecule has 1 fully saturated rings. The van der Waals surface area contributed by atoms with Gasteiger partial charge in [0.25, 0.3) is 0 Å². The molecular weight excluding hydrogens is 495 g/mol. The van der Waals surface area contributed by atoms with E-state index < -0.39 is 0 Å². The highest BCUT2D eigenvalue weighted by molar-refractivity contribution is 14.0. The summed E-state index contributed by atoms with van der Waals surface area (Å²) in [6.45, 7) is 10.2. The summed E-state index contributed by atoms with van der Waals surface area (Å²) in [5.41, 5.74) is 1.24. The highest BCUT2D eigenvalue weighted by Gasteiger charge is 2.19. The van der Waals surface area contributed by atoms with Crippen molar-refractivity contribution in [2.45, 2.75) is 38.8 Å². The lowest BCUT2D eigenvalue weighted by molar-refractivity contribution is 0.0420. The Morgan fingerprint density at radius 2 is 2.10 bits per heavy atom. The number of likely N-dealkylation sites (N-methyl/N-ethyl adjacent to an activating group) is 1. The fraction of sp³-hybridized carbons (Fsp3) is 0.682. The Balaban J connectivity index is 0.00000450. The van der Waals surface area contributed by atoms with Crippen LogP contribution in [-0.2, 0) is 9.47 Å². The fourth-order valence-electron chi connectivity index (χ4n) is 3.56. The summed E-state index contributed by atoms with van der Waals surface area (Å²) in [6, 6.07) is 8.55. The first kappa shape index (κ1) is 26.9. The molecule has 1 aliphatic heterocycles. The van der Waals surface area contributed by atoms with Gasteiger partial charge in [0.05, 0.1) is 25.9 Å². The van der Waals surface area contributed by atoms with Gasteiger partial charge in [-0.15, -0.1) is 24.0 Å². The first-order valence-electron chi connectivity index (χ1n) is 10.7. The minimum Gasteiger partial charge on any atom is -0.497 e. The van der Waals surface area contributed by atoms with Crippen molar-refractivity contribution in [3.8, 4) is 5.75 Å². The van der Waals surface area contributed by atoms with Crippen LogP contribution in [0.4, 0.5) is 0 Å². The lowest BCUT2D eigenvalue weighted by Crippen LogP contribution is -2.43. The van der Waals surface area contributed by atoms with E-state index in [1.54, 1.807) is 14.2 Å². The van der Waals surface area contributed by atoms with Crippen LogP contribution in [0.25, 0.3) is 0 Å². The SMILES string of the molecule is CCN(CC)C(CNC(=NC)NCCCOC1CCOC1)c1cccc(OC)c1.I. The van der Waals surface area contributed by atoms with Crippen molar-refractivity contribution < 1.29 is 14.2 Å². The van der Waals surface area contributed by atoms with E-state index in [0.29, 0.717) is 0 Å². The van der Waals surface area contributed by atoms with Gasteiger partial charge in [-0.05, 0) is 43.6 Å². The summed E-state index contributed by atoms with van der Waals surface area (Å²) in [7, 11) is 3.51. The minimum atomic E-state index is 0. The van der Waals surface area contributed by atoms with E-state index in [1.807, 2.05) is 12.1 Å². The van der Waals surface area contributed by atoms with Crippen molar-refractivity contribution >= 4 is 29.9 Å². The molecule has 1 aromatic rings. The van der Waals surface area contributed by atoms with Crippen molar-refractivity contribution in [1.82, 2.24) is 15.5 Å². The van der Waals surface area contributed by atoms with Crippen LogP contribution in [0.3, 0.4) is 0 Å². The van der Waals surface area contributed by atoms with Gasteiger partial charge in [0.2, 0.25) is 0 Å². The Hall–Kier alpha value is -1.10. The molecule has 1 aromatic carbocycles. The van der Waals surface area contributed by atoms with Crippen LogP contribution in [0.2, 0.25) is 0 Å². The standard InChI is InChI=1S/C22H38N4O3.HI/c1-5-26(6-2)21(18-9-7-10-19(15-18)27-4)16-25-22(23-3)24-12-8-13-29-20-11-14-28-17-20;/h7,9-10,15,20-21H,5-6,8,11-14,16-17H2,1-4H3,(H2,23,24,25);1H. The van der Waals surface area contributed by atoms with Gasteiger partial charge in [-0.2, -0.15) is 0 Å². The molecule has 0 radical (unpaired) electrons. The van der Waals surface area contributed by atoms with Gasteiger partial charge in [-0.1, -0.05) is 26.0 Å². The lowest BCUT2D eigenvalue weighted by Gasteiger charge is -2.31. The van der Waals surface area contributed by atoms with Gasteiger partial charge in [0.1, 0.15) is 5.75 Å². The van der Waals surface area contributed by atoms with Crippen molar-refractivity contribution in [2.24, 2.45) is 4.99 Å². The summed E-state index contributed by atoms with van der Waals surface area (Å²) < 4.78 is 16.6. The van der Waals surface area contributed by atoms with Gasteiger partial charge in [-0.25, -0.2) is 0 Å². The summed E-state index contributed by atoms with van der Waals surface area (Å²) in [6.07, 6.45) is 2.21. The summed E-state index contributed by atoms with van der Waals surface area (Å²) in [5.74, 6) is 1.70. The summed E-state index contributed by atoms with van der Waals surface area (Å²) in [5, 5.41) is 6.87. The highest BCUT2D eigenvalue weighted by Crippen LogP contribution is 2.23. The van der Waals surface area contributed by atoms with Crippen LogP contribution in [-0.4, -0.2) is 77.1 Å². The van der Waals surface area contributed by atoms with E-state index in [9.17, 15) is 0 Å². The van der Waals surface area contributed by atoms with E-state index >= 15 is 0 Å². The largest absolute Gasteiger partial charge is 0.497 e. The zero-order chi connectivity index (χ0) is 20.9. The van der Waals surface area contributed by atoms with Gasteiger partial charge < -0.3 is 24.8 Å². The van der Waals surface area contributed by atoms with Gasteiger partial charge in [0.15, 0.2) is 5.96 Å². The van der Waals surface area contributed by atoms with Crippen LogP contribution in [0, 0.1) is 0 Å². The molecule has 0 spiro atoms. The molecule has 0 bridgehead atoms. The van der Waals surface area contributed by atoms with Crippen molar-refractivity contribution in [2.75, 3.05) is 60.2 Å². The molecule has 0 amide bonds. The molecule has 2 rings (SSSR count). The Morgan fingerprint density at radius 1 is 1.30 bits per heavy atom. The number of nitrogens with one attached hydrogen (secondary N) is 2. The third-order valence-corrected chi connectivity index (χ3v) is 5.27. The molecule has 2 N–H and O–H groups in total. The van der Waals surface area contributed by atoms with Gasteiger partial charge in [-0.3, -0.25) is 9.89 Å². The maximum atomic E-state index is 5.81. The molecule has 2 unspecified atom stereocenters. The smallest absolute Gasteiger partial charge is 0.191 e. The first-order chi connectivity index (χ1) is 14.2. The number of hydrogen-bond acceptors (Lipinski definition) is 5. The average molecular weight is 534 g/mol. The highest BCUT2D eigenvalue weighted by atomic mass is 127. The predicted molar refractivity (Wildman–Crippen MR) is 133 cm³/mol. The minimum absolute atomic E-state index is 0. The number of aliphatic imine (C=N–C) groups is 1. The third kappa shape index (κ3) is 8.95. The van der Waals surface area contributed by atoms with Crippen LogP contribution < -0.4 is 15.4 Å². The Bertz CT molecular complexity index is 608. The molecular formula is C22H39IN4O3. The van der Waals surface area contributed by atoms with Gasteiger partial charge in [0, 0.05) is 33.4 Å².